The molecule has 0 bridgehead atoms. The van der Waals surface area contributed by atoms with Gasteiger partial charge in [0, 0.05) is 11.1 Å². The Hall–Kier alpha value is -2.62. The van der Waals surface area contributed by atoms with E-state index < -0.39 is 0 Å². The quantitative estimate of drug-likeness (QED) is 0.820. The zero-order valence-electron chi connectivity index (χ0n) is 10.8. The van der Waals surface area contributed by atoms with Crippen LogP contribution in [-0.2, 0) is 6.42 Å². The van der Waals surface area contributed by atoms with Crippen LogP contribution in [-0.4, -0.2) is 16.7 Å². The van der Waals surface area contributed by atoms with E-state index in [2.05, 4.69) is 16.6 Å². The van der Waals surface area contributed by atoms with Crippen molar-refractivity contribution < 1.29 is 9.90 Å². The Balaban J connectivity index is 1.75. The Morgan fingerprint density at radius 1 is 1.05 bits per heavy atom. The van der Waals surface area contributed by atoms with Crippen LogP contribution in [0.25, 0.3) is 0 Å². The van der Waals surface area contributed by atoms with Crippen molar-refractivity contribution in [2.45, 2.75) is 12.8 Å². The fourth-order valence-corrected chi connectivity index (χ4v) is 2.32. The molecule has 20 heavy (non-hydrogen) atoms. The molecule has 0 aliphatic heterocycles. The zero-order valence-corrected chi connectivity index (χ0v) is 10.8. The van der Waals surface area contributed by atoms with E-state index in [0.717, 1.165) is 24.1 Å². The number of rotatable bonds is 2. The van der Waals surface area contributed by atoms with Gasteiger partial charge in [0.1, 0.15) is 5.75 Å². The maximum Gasteiger partial charge on any atom is 0.271 e. The fraction of sp³-hybridized carbons (Fsp3) is 0.125. The molecule has 2 aromatic rings. The van der Waals surface area contributed by atoms with Gasteiger partial charge in [-0.05, 0) is 42.7 Å². The molecule has 0 saturated carbocycles. The number of amides is 1. The summed E-state index contributed by atoms with van der Waals surface area (Å²) in [6.45, 7) is 0. The number of fused-ring (bicyclic) bond motifs is 1. The van der Waals surface area contributed by atoms with Crippen molar-refractivity contribution in [1.82, 2.24) is 5.43 Å². The summed E-state index contributed by atoms with van der Waals surface area (Å²) in [5.74, 6) is -0.139. The van der Waals surface area contributed by atoms with Crippen molar-refractivity contribution in [3.8, 4) is 5.75 Å². The average molecular weight is 266 g/mol. The van der Waals surface area contributed by atoms with Gasteiger partial charge in [0.15, 0.2) is 0 Å². The number of carbonyl (C=O) groups is 1. The second kappa shape index (κ2) is 5.17. The SMILES string of the molecule is O=C(N/N=C1/CCc2ccccc21)c1ccc(O)cc1. The van der Waals surface area contributed by atoms with Crippen LogP contribution in [0, 0.1) is 0 Å². The lowest BCUT2D eigenvalue weighted by Crippen LogP contribution is -2.19. The molecule has 0 atom stereocenters. The second-order valence-electron chi connectivity index (χ2n) is 4.70. The van der Waals surface area contributed by atoms with Gasteiger partial charge >= 0.3 is 0 Å². The van der Waals surface area contributed by atoms with E-state index in [9.17, 15) is 9.90 Å². The van der Waals surface area contributed by atoms with E-state index in [1.165, 1.54) is 17.7 Å². The molecule has 0 heterocycles. The number of benzene rings is 2. The van der Waals surface area contributed by atoms with Gasteiger partial charge in [0.25, 0.3) is 5.91 Å². The third-order valence-corrected chi connectivity index (χ3v) is 3.38. The summed E-state index contributed by atoms with van der Waals surface area (Å²) in [5, 5.41) is 13.4. The van der Waals surface area contributed by atoms with Gasteiger partial charge in [-0.15, -0.1) is 0 Å². The number of aryl methyl sites for hydroxylation is 1. The molecule has 4 nitrogen and oxygen atoms in total. The van der Waals surface area contributed by atoms with Crippen molar-refractivity contribution in [2.75, 3.05) is 0 Å². The fourth-order valence-electron chi connectivity index (χ4n) is 2.32. The summed E-state index contributed by atoms with van der Waals surface area (Å²) in [7, 11) is 0. The Morgan fingerprint density at radius 3 is 2.60 bits per heavy atom. The summed E-state index contributed by atoms with van der Waals surface area (Å²) >= 11 is 0. The molecular weight excluding hydrogens is 252 g/mol. The highest BCUT2D eigenvalue weighted by Gasteiger charge is 2.17. The van der Waals surface area contributed by atoms with Crippen LogP contribution in [0.1, 0.15) is 27.9 Å². The first-order valence-electron chi connectivity index (χ1n) is 6.48. The minimum absolute atomic E-state index is 0.137. The highest BCUT2D eigenvalue weighted by Crippen LogP contribution is 2.21. The second-order valence-corrected chi connectivity index (χ2v) is 4.70. The third kappa shape index (κ3) is 2.40. The van der Waals surface area contributed by atoms with Crippen molar-refractivity contribution in [3.05, 3.63) is 65.2 Å². The van der Waals surface area contributed by atoms with Gasteiger partial charge in [0.2, 0.25) is 0 Å². The van der Waals surface area contributed by atoms with Gasteiger partial charge < -0.3 is 5.11 Å². The zero-order chi connectivity index (χ0) is 13.9. The standard InChI is InChI=1S/C16H14N2O2/c19-13-8-5-12(6-9-13)16(20)18-17-15-10-7-11-3-1-2-4-14(11)15/h1-6,8-9,19H,7,10H2,(H,18,20)/b17-15-. The van der Waals surface area contributed by atoms with E-state index >= 15 is 0 Å². The number of nitrogens with one attached hydrogen (secondary N) is 1. The minimum Gasteiger partial charge on any atom is -0.508 e. The van der Waals surface area contributed by atoms with Crippen LogP contribution in [0.4, 0.5) is 0 Å². The molecule has 2 aromatic carbocycles. The Labute approximate surface area is 116 Å². The Kier molecular flexibility index (Phi) is 3.21. The summed E-state index contributed by atoms with van der Waals surface area (Å²) < 4.78 is 0. The molecule has 0 saturated heterocycles. The van der Waals surface area contributed by atoms with Crippen LogP contribution in [0.5, 0.6) is 5.75 Å². The minimum atomic E-state index is -0.276. The smallest absolute Gasteiger partial charge is 0.271 e. The molecule has 2 N–H and O–H groups in total. The molecule has 1 aliphatic carbocycles. The van der Waals surface area contributed by atoms with Crippen LogP contribution in [0.3, 0.4) is 0 Å². The first kappa shape index (κ1) is 12.4. The molecular formula is C16H14N2O2. The molecule has 0 aromatic heterocycles. The molecule has 1 amide bonds. The predicted molar refractivity (Wildman–Crippen MR) is 76.9 cm³/mol. The molecule has 0 spiro atoms. The summed E-state index contributed by atoms with van der Waals surface area (Å²) in [5.41, 5.74) is 6.33. The topological polar surface area (TPSA) is 61.7 Å². The average Bonchev–Trinajstić information content (AvgIpc) is 2.89. The maximum atomic E-state index is 11.9. The lowest BCUT2D eigenvalue weighted by molar-refractivity contribution is 0.0955. The lowest BCUT2D eigenvalue weighted by Gasteiger charge is -2.03. The highest BCUT2D eigenvalue weighted by molar-refractivity contribution is 6.05. The summed E-state index contributed by atoms with van der Waals surface area (Å²) in [4.78, 5) is 11.9. The van der Waals surface area contributed by atoms with Crippen LogP contribution >= 0.6 is 0 Å². The van der Waals surface area contributed by atoms with Gasteiger partial charge in [-0.3, -0.25) is 4.79 Å². The molecule has 0 radical (unpaired) electrons. The van der Waals surface area contributed by atoms with Gasteiger partial charge in [-0.2, -0.15) is 5.10 Å². The molecule has 100 valence electrons. The molecule has 3 rings (SSSR count). The van der Waals surface area contributed by atoms with E-state index in [0.29, 0.717) is 5.56 Å². The molecule has 0 unspecified atom stereocenters. The van der Waals surface area contributed by atoms with E-state index in [1.54, 1.807) is 12.1 Å². The van der Waals surface area contributed by atoms with Crippen molar-refractivity contribution in [3.63, 3.8) is 0 Å². The van der Waals surface area contributed by atoms with Crippen LogP contribution < -0.4 is 5.43 Å². The molecule has 4 heteroatoms. The molecule has 0 fully saturated rings. The number of hydrazone groups is 1. The Morgan fingerprint density at radius 2 is 1.80 bits per heavy atom. The van der Waals surface area contributed by atoms with Crippen molar-refractivity contribution in [1.29, 1.82) is 0 Å². The van der Waals surface area contributed by atoms with E-state index in [1.807, 2.05) is 18.2 Å². The number of nitrogens with zero attached hydrogens (tertiary/aromatic N) is 1. The van der Waals surface area contributed by atoms with Gasteiger partial charge in [0.05, 0.1) is 5.71 Å². The number of phenolic OH excluding ortho intramolecular Hbond substituents is 1. The lowest BCUT2D eigenvalue weighted by atomic mass is 10.1. The Bertz CT molecular complexity index is 675. The first-order valence-corrected chi connectivity index (χ1v) is 6.48. The number of hydrogen-bond donors (Lipinski definition) is 2. The number of carbonyl (C=O) groups excluding carboxylic acids is 1. The third-order valence-electron chi connectivity index (χ3n) is 3.38. The van der Waals surface area contributed by atoms with Crippen LogP contribution in [0.2, 0.25) is 0 Å². The van der Waals surface area contributed by atoms with Gasteiger partial charge in [-0.25, -0.2) is 5.43 Å². The first-order chi connectivity index (χ1) is 9.74. The summed E-state index contributed by atoms with van der Waals surface area (Å²) in [6.07, 6.45) is 1.80. The monoisotopic (exact) mass is 266 g/mol. The number of hydrogen-bond acceptors (Lipinski definition) is 3. The van der Waals surface area contributed by atoms with Crippen molar-refractivity contribution >= 4 is 11.6 Å². The number of phenols is 1. The normalized spacial score (nSPS) is 15.1. The van der Waals surface area contributed by atoms with E-state index in [-0.39, 0.29) is 11.7 Å². The summed E-state index contributed by atoms with van der Waals surface area (Å²) in [6, 6.07) is 14.2. The highest BCUT2D eigenvalue weighted by atomic mass is 16.3. The molecule has 1 aliphatic rings. The van der Waals surface area contributed by atoms with Crippen LogP contribution in [0.15, 0.2) is 53.6 Å². The number of aromatic hydroxyl groups is 1. The van der Waals surface area contributed by atoms with Gasteiger partial charge in [-0.1, -0.05) is 24.3 Å². The maximum absolute atomic E-state index is 11.9. The van der Waals surface area contributed by atoms with E-state index in [4.69, 9.17) is 0 Å². The van der Waals surface area contributed by atoms with Crippen molar-refractivity contribution in [2.24, 2.45) is 5.10 Å². The predicted octanol–water partition coefficient (Wildman–Crippen LogP) is 2.47. The largest absolute Gasteiger partial charge is 0.508 e.